The molecule has 2 unspecified atom stereocenters. The van der Waals surface area contributed by atoms with Gasteiger partial charge in [-0.15, -0.1) is 11.3 Å². The Hall–Kier alpha value is -0.970. The van der Waals surface area contributed by atoms with E-state index in [1.54, 1.807) is 11.3 Å². The topological polar surface area (TPSA) is 34.2 Å². The number of rotatable bonds is 3. The second kappa shape index (κ2) is 5.34. The Morgan fingerprint density at radius 3 is 3.28 bits per heavy atom. The minimum atomic E-state index is 0.351. The van der Waals surface area contributed by atoms with Crippen molar-refractivity contribution >= 4 is 21.6 Å². The van der Waals surface area contributed by atoms with Crippen LogP contribution in [0.25, 0.3) is 10.2 Å². The summed E-state index contributed by atoms with van der Waals surface area (Å²) in [7, 11) is 2.03. The third kappa shape index (κ3) is 2.28. The van der Waals surface area contributed by atoms with Gasteiger partial charge in [-0.3, -0.25) is 4.98 Å². The van der Waals surface area contributed by atoms with Gasteiger partial charge in [-0.2, -0.15) is 0 Å². The predicted molar refractivity (Wildman–Crippen MR) is 75.0 cm³/mol. The summed E-state index contributed by atoms with van der Waals surface area (Å²) in [5.74, 6) is 0.558. The number of hydrogen-bond acceptors (Lipinski definition) is 4. The standard InChI is InChI=1S/C14H18N2OS/c1-15-14(10-3-2-5-17-9-10)11-7-13-12(16-8-11)4-6-18-13/h4,6-8,10,14-15H,2-3,5,9H2,1H3. The summed E-state index contributed by atoms with van der Waals surface area (Å²) in [6.45, 7) is 1.77. The van der Waals surface area contributed by atoms with Crippen LogP contribution in [0.3, 0.4) is 0 Å². The minimum Gasteiger partial charge on any atom is -0.381 e. The smallest absolute Gasteiger partial charge is 0.0809 e. The maximum Gasteiger partial charge on any atom is 0.0809 e. The Bertz CT molecular complexity index is 519. The van der Waals surface area contributed by atoms with Gasteiger partial charge >= 0.3 is 0 Å². The van der Waals surface area contributed by atoms with Crippen LogP contribution >= 0.6 is 11.3 Å². The molecule has 0 bridgehead atoms. The van der Waals surface area contributed by atoms with Crippen LogP contribution in [0.2, 0.25) is 0 Å². The average molecular weight is 262 g/mol. The molecule has 2 aromatic heterocycles. The van der Waals surface area contributed by atoms with Gasteiger partial charge in [0.1, 0.15) is 0 Å². The molecule has 0 aliphatic carbocycles. The van der Waals surface area contributed by atoms with Crippen molar-refractivity contribution in [2.45, 2.75) is 18.9 Å². The number of hydrogen-bond donors (Lipinski definition) is 1. The molecule has 18 heavy (non-hydrogen) atoms. The zero-order valence-electron chi connectivity index (χ0n) is 10.6. The van der Waals surface area contributed by atoms with Crippen LogP contribution in [0, 0.1) is 5.92 Å². The first-order valence-electron chi connectivity index (χ1n) is 6.46. The minimum absolute atomic E-state index is 0.351. The lowest BCUT2D eigenvalue weighted by atomic mass is 9.89. The van der Waals surface area contributed by atoms with E-state index in [1.807, 2.05) is 13.2 Å². The SMILES string of the molecule is CNC(c1cnc2ccsc2c1)C1CCCOC1. The first-order valence-corrected chi connectivity index (χ1v) is 7.34. The molecular formula is C14H18N2OS. The largest absolute Gasteiger partial charge is 0.381 e. The molecule has 3 heterocycles. The number of aromatic nitrogens is 1. The predicted octanol–water partition coefficient (Wildman–Crippen LogP) is 2.98. The lowest BCUT2D eigenvalue weighted by Crippen LogP contribution is -2.31. The van der Waals surface area contributed by atoms with Crippen LogP contribution in [-0.4, -0.2) is 25.2 Å². The second-order valence-corrected chi connectivity index (χ2v) is 5.76. The van der Waals surface area contributed by atoms with Crippen molar-refractivity contribution < 1.29 is 4.74 Å². The fourth-order valence-corrected chi connectivity index (χ4v) is 3.52. The molecular weight excluding hydrogens is 244 g/mol. The van der Waals surface area contributed by atoms with Crippen molar-refractivity contribution in [1.29, 1.82) is 0 Å². The third-order valence-electron chi connectivity index (χ3n) is 3.66. The Kier molecular flexibility index (Phi) is 3.59. The molecule has 2 atom stereocenters. The number of ether oxygens (including phenoxy) is 1. The lowest BCUT2D eigenvalue weighted by molar-refractivity contribution is 0.0402. The van der Waals surface area contributed by atoms with E-state index in [9.17, 15) is 0 Å². The molecule has 1 fully saturated rings. The Balaban J connectivity index is 1.89. The van der Waals surface area contributed by atoms with E-state index in [0.717, 1.165) is 25.2 Å². The summed E-state index contributed by atoms with van der Waals surface area (Å²) < 4.78 is 6.87. The normalized spacial score (nSPS) is 22.2. The highest BCUT2D eigenvalue weighted by Crippen LogP contribution is 2.30. The van der Waals surface area contributed by atoms with E-state index >= 15 is 0 Å². The number of fused-ring (bicyclic) bond motifs is 1. The van der Waals surface area contributed by atoms with Gasteiger partial charge in [0.15, 0.2) is 0 Å². The van der Waals surface area contributed by atoms with Crippen molar-refractivity contribution in [3.63, 3.8) is 0 Å². The quantitative estimate of drug-likeness (QED) is 0.923. The molecule has 1 N–H and O–H groups in total. The van der Waals surface area contributed by atoms with Gasteiger partial charge in [-0.1, -0.05) is 0 Å². The van der Waals surface area contributed by atoms with E-state index < -0.39 is 0 Å². The van der Waals surface area contributed by atoms with E-state index in [0.29, 0.717) is 12.0 Å². The molecule has 1 saturated heterocycles. The zero-order chi connectivity index (χ0) is 12.4. The zero-order valence-corrected chi connectivity index (χ0v) is 11.4. The molecule has 1 aliphatic heterocycles. The first-order chi connectivity index (χ1) is 8.88. The van der Waals surface area contributed by atoms with Gasteiger partial charge in [0.05, 0.1) is 16.8 Å². The first kappa shape index (κ1) is 12.1. The summed E-state index contributed by atoms with van der Waals surface area (Å²) in [5.41, 5.74) is 2.38. The van der Waals surface area contributed by atoms with E-state index in [1.165, 1.54) is 16.7 Å². The highest BCUT2D eigenvalue weighted by molar-refractivity contribution is 7.17. The molecule has 0 radical (unpaired) electrons. The fourth-order valence-electron chi connectivity index (χ4n) is 2.73. The molecule has 0 aromatic carbocycles. The van der Waals surface area contributed by atoms with E-state index in [4.69, 9.17) is 4.74 Å². The van der Waals surface area contributed by atoms with E-state index in [-0.39, 0.29) is 0 Å². The van der Waals surface area contributed by atoms with Gasteiger partial charge in [0.2, 0.25) is 0 Å². The number of thiophene rings is 1. The van der Waals surface area contributed by atoms with Gasteiger partial charge in [-0.05, 0) is 43.0 Å². The summed E-state index contributed by atoms with van der Waals surface area (Å²) in [5, 5.41) is 5.53. The summed E-state index contributed by atoms with van der Waals surface area (Å²) in [4.78, 5) is 4.53. The van der Waals surface area contributed by atoms with Crippen LogP contribution in [-0.2, 0) is 4.74 Å². The molecule has 1 aliphatic rings. The van der Waals surface area contributed by atoms with Crippen molar-refractivity contribution in [3.8, 4) is 0 Å². The summed E-state index contributed by atoms with van der Waals surface area (Å²) in [6, 6.07) is 4.69. The lowest BCUT2D eigenvalue weighted by Gasteiger charge is -2.30. The summed E-state index contributed by atoms with van der Waals surface area (Å²) >= 11 is 1.75. The average Bonchev–Trinajstić information content (AvgIpc) is 2.88. The van der Waals surface area contributed by atoms with Crippen LogP contribution in [0.1, 0.15) is 24.4 Å². The third-order valence-corrected chi connectivity index (χ3v) is 4.51. The Labute approximate surface area is 111 Å². The van der Waals surface area contributed by atoms with Gasteiger partial charge in [0, 0.05) is 24.8 Å². The molecule has 4 heteroatoms. The van der Waals surface area contributed by atoms with Crippen molar-refractivity contribution in [3.05, 3.63) is 29.3 Å². The molecule has 96 valence electrons. The van der Waals surface area contributed by atoms with Crippen LogP contribution in [0.4, 0.5) is 0 Å². The van der Waals surface area contributed by atoms with Gasteiger partial charge < -0.3 is 10.1 Å². The monoisotopic (exact) mass is 262 g/mol. The molecule has 2 aromatic rings. The highest BCUT2D eigenvalue weighted by atomic mass is 32.1. The van der Waals surface area contributed by atoms with Crippen molar-refractivity contribution in [2.24, 2.45) is 5.92 Å². The maximum absolute atomic E-state index is 5.60. The van der Waals surface area contributed by atoms with Gasteiger partial charge in [0.25, 0.3) is 0 Å². The second-order valence-electron chi connectivity index (χ2n) is 4.82. The molecule has 0 spiro atoms. The van der Waals surface area contributed by atoms with Crippen LogP contribution in [0.15, 0.2) is 23.7 Å². The molecule has 0 saturated carbocycles. The van der Waals surface area contributed by atoms with Crippen molar-refractivity contribution in [1.82, 2.24) is 10.3 Å². The molecule has 3 nitrogen and oxygen atoms in total. The van der Waals surface area contributed by atoms with Crippen LogP contribution in [0.5, 0.6) is 0 Å². The Morgan fingerprint density at radius 2 is 2.50 bits per heavy atom. The van der Waals surface area contributed by atoms with Crippen molar-refractivity contribution in [2.75, 3.05) is 20.3 Å². The van der Waals surface area contributed by atoms with Gasteiger partial charge in [-0.25, -0.2) is 0 Å². The number of pyridine rings is 1. The molecule has 0 amide bonds. The van der Waals surface area contributed by atoms with E-state index in [2.05, 4.69) is 27.8 Å². The Morgan fingerprint density at radius 1 is 1.56 bits per heavy atom. The highest BCUT2D eigenvalue weighted by Gasteiger charge is 2.24. The number of nitrogens with one attached hydrogen (secondary N) is 1. The number of nitrogens with zero attached hydrogens (tertiary/aromatic N) is 1. The maximum atomic E-state index is 5.60. The summed E-state index contributed by atoms with van der Waals surface area (Å²) in [6.07, 6.45) is 4.40. The fraction of sp³-hybridized carbons (Fsp3) is 0.500. The molecule has 3 rings (SSSR count). The van der Waals surface area contributed by atoms with Crippen LogP contribution < -0.4 is 5.32 Å².